The van der Waals surface area contributed by atoms with E-state index >= 15 is 0 Å². The fraction of sp³-hybridized carbons (Fsp3) is 0.745. The van der Waals surface area contributed by atoms with Crippen LogP contribution in [0, 0.1) is 0 Å². The van der Waals surface area contributed by atoms with E-state index in [1.165, 1.54) is 213 Å². The minimum absolute atomic E-state index is 1.000. The van der Waals surface area contributed by atoms with Crippen LogP contribution in [0.5, 0.6) is 0 Å². The fourth-order valence-electron chi connectivity index (χ4n) is 8.54. The van der Waals surface area contributed by atoms with Crippen LogP contribution >= 0.6 is 0 Å². The molecule has 0 amide bonds. The smallest absolute Gasteiger partial charge is 0.0639 e. The Kier molecular flexibility index (Phi) is 31.9. The van der Waals surface area contributed by atoms with Crippen molar-refractivity contribution in [2.45, 2.75) is 266 Å². The number of rotatable bonds is 38. The lowest BCUT2D eigenvalue weighted by atomic mass is 9.99. The molecule has 0 saturated carbocycles. The van der Waals surface area contributed by atoms with Crippen LogP contribution in [0.4, 0.5) is 11.4 Å². The average Bonchev–Trinajstić information content (AvgIpc) is 3.24. The molecule has 0 aliphatic carbocycles. The van der Waals surface area contributed by atoms with E-state index in [4.69, 9.17) is 9.98 Å². The molecule has 0 heterocycles. The zero-order valence-corrected chi connectivity index (χ0v) is 39.1. The van der Waals surface area contributed by atoms with Crippen molar-refractivity contribution in [1.29, 1.82) is 0 Å². The second-order valence-corrected chi connectivity index (χ2v) is 17.5. The minimum atomic E-state index is 1.000. The minimum Gasteiger partial charge on any atom is -0.252 e. The largest absolute Gasteiger partial charge is 0.252 e. The summed E-state index contributed by atoms with van der Waals surface area (Å²) in [5.74, 6) is 0. The van der Waals surface area contributed by atoms with Crippen LogP contribution in [0.1, 0.15) is 263 Å². The topological polar surface area (TPSA) is 24.7 Å². The van der Waals surface area contributed by atoms with Crippen molar-refractivity contribution in [3.8, 4) is 0 Å². The maximum Gasteiger partial charge on any atom is 0.0639 e. The van der Waals surface area contributed by atoms with E-state index in [-0.39, 0.29) is 0 Å². The lowest BCUT2D eigenvalue weighted by Gasteiger charge is -2.13. The van der Waals surface area contributed by atoms with Crippen molar-refractivity contribution in [3.05, 3.63) is 58.7 Å². The number of hydrogen-bond donors (Lipinski definition) is 0. The lowest BCUT2D eigenvalue weighted by Crippen LogP contribution is -2.14. The van der Waals surface area contributed by atoms with Crippen molar-refractivity contribution in [2.75, 3.05) is 0 Å². The molecule has 2 nitrogen and oxygen atoms in total. The van der Waals surface area contributed by atoms with Gasteiger partial charge in [0.2, 0.25) is 0 Å². The molecule has 0 fully saturated rings. The van der Waals surface area contributed by atoms with Gasteiger partial charge in [0.1, 0.15) is 0 Å². The van der Waals surface area contributed by atoms with Gasteiger partial charge in [0, 0.05) is 0 Å². The zero-order valence-electron chi connectivity index (χ0n) is 39.1. The Morgan fingerprint density at radius 3 is 1.04 bits per heavy atom. The van der Waals surface area contributed by atoms with Crippen LogP contribution < -0.4 is 0 Å². The molecule has 57 heavy (non-hydrogen) atoms. The first-order chi connectivity index (χ1) is 28.1. The maximum absolute atomic E-state index is 5.42. The molecule has 0 atom stereocenters. The van der Waals surface area contributed by atoms with Gasteiger partial charge in [-0.15, -0.1) is 0 Å². The van der Waals surface area contributed by atoms with Gasteiger partial charge in [-0.25, -0.2) is 0 Å². The number of unbranched alkanes of at least 4 members (excludes halogenated alkanes) is 27. The molecule has 0 aliphatic rings. The average molecular weight is 783 g/mol. The van der Waals surface area contributed by atoms with Crippen molar-refractivity contribution >= 4 is 22.8 Å². The molecule has 2 aromatic rings. The number of hydrogen-bond acceptors (Lipinski definition) is 2. The third-order valence-corrected chi connectivity index (χ3v) is 12.5. The van der Waals surface area contributed by atoms with E-state index in [1.54, 1.807) is 0 Å². The van der Waals surface area contributed by atoms with Crippen LogP contribution in [-0.4, -0.2) is 11.4 Å². The molecule has 0 unspecified atom stereocenters. The van der Waals surface area contributed by atoms with Crippen LogP contribution in [0.2, 0.25) is 0 Å². The van der Waals surface area contributed by atoms with Gasteiger partial charge in [-0.2, -0.15) is 0 Å². The van der Waals surface area contributed by atoms with Crippen LogP contribution in [0.25, 0.3) is 0 Å². The van der Waals surface area contributed by atoms with Crippen LogP contribution in [0.3, 0.4) is 0 Å². The predicted octanol–water partition coefficient (Wildman–Crippen LogP) is 18.9. The summed E-state index contributed by atoms with van der Waals surface area (Å²) >= 11 is 0. The third-order valence-electron chi connectivity index (χ3n) is 12.5. The van der Waals surface area contributed by atoms with Crippen molar-refractivity contribution < 1.29 is 0 Å². The highest BCUT2D eigenvalue weighted by atomic mass is 14.8. The Morgan fingerprint density at radius 1 is 0.316 bits per heavy atom. The molecule has 0 saturated heterocycles. The summed E-state index contributed by atoms with van der Waals surface area (Å²) in [6.07, 6.45) is 47.3. The molecule has 0 bridgehead atoms. The van der Waals surface area contributed by atoms with E-state index in [9.17, 15) is 0 Å². The molecular weight excluding hydrogens is 689 g/mol. The molecule has 0 aliphatic heterocycles. The molecule has 324 valence electrons. The monoisotopic (exact) mass is 783 g/mol. The molecule has 2 rings (SSSR count). The van der Waals surface area contributed by atoms with Gasteiger partial charge in [-0.05, 0) is 97.9 Å². The number of aryl methyl sites for hydroxylation is 4. The SMILES string of the molecule is CCCCCCCCCCCCCCCCCCCCCCCCCCCCCC(=Nc1cc(CC)cc(CC)c1)C(CCCC)=Nc1ccc(CC)c(CC)c1. The fourth-order valence-corrected chi connectivity index (χ4v) is 8.54. The highest BCUT2D eigenvalue weighted by Gasteiger charge is 2.12. The van der Waals surface area contributed by atoms with Gasteiger partial charge >= 0.3 is 0 Å². The third kappa shape index (κ3) is 25.1. The van der Waals surface area contributed by atoms with Gasteiger partial charge in [-0.3, -0.25) is 9.98 Å². The van der Waals surface area contributed by atoms with Crippen LogP contribution in [-0.2, 0) is 25.7 Å². The summed E-state index contributed by atoms with van der Waals surface area (Å²) in [4.78, 5) is 10.8. The van der Waals surface area contributed by atoms with Gasteiger partial charge in [0.25, 0.3) is 0 Å². The zero-order chi connectivity index (χ0) is 41.0. The van der Waals surface area contributed by atoms with Crippen molar-refractivity contribution in [2.24, 2.45) is 9.98 Å². The lowest BCUT2D eigenvalue weighted by molar-refractivity contribution is 0.515. The standard InChI is InChI=1S/C55H94N2/c1-7-13-15-16-17-18-19-20-21-22-23-24-25-26-27-28-29-30-31-32-33-34-35-36-37-38-39-41-55(57-53-45-48(9-3)44-49(10-4)46-53)54(40-14-8-2)56-52-43-42-50(11-5)51(12-6)47-52/h42-47H,7-41H2,1-6H3. The van der Waals surface area contributed by atoms with E-state index in [0.29, 0.717) is 0 Å². The first-order valence-corrected chi connectivity index (χ1v) is 25.5. The van der Waals surface area contributed by atoms with Gasteiger partial charge in [0.05, 0.1) is 22.8 Å². The second kappa shape index (κ2) is 35.7. The Balaban J connectivity index is 1.65. The quantitative estimate of drug-likeness (QED) is 0.0479. The van der Waals surface area contributed by atoms with E-state index < -0.39 is 0 Å². The first-order valence-electron chi connectivity index (χ1n) is 25.5. The molecule has 0 spiro atoms. The first kappa shape index (κ1) is 50.9. The van der Waals surface area contributed by atoms with E-state index in [1.807, 2.05) is 0 Å². The molecular formula is C55H94N2. The Labute approximate surface area is 356 Å². The van der Waals surface area contributed by atoms with Crippen molar-refractivity contribution in [3.63, 3.8) is 0 Å². The maximum atomic E-state index is 5.42. The highest BCUT2D eigenvalue weighted by Crippen LogP contribution is 2.25. The molecule has 0 radical (unpaired) electrons. The second-order valence-electron chi connectivity index (χ2n) is 17.5. The summed E-state index contributed by atoms with van der Waals surface area (Å²) in [6.45, 7) is 13.6. The number of nitrogens with zero attached hydrogens (tertiary/aromatic N) is 2. The summed E-state index contributed by atoms with van der Waals surface area (Å²) < 4.78 is 0. The van der Waals surface area contributed by atoms with E-state index in [0.717, 1.165) is 56.3 Å². The molecule has 2 heteroatoms. The summed E-state index contributed by atoms with van der Waals surface area (Å²) in [7, 11) is 0. The Hall–Kier alpha value is -2.22. The summed E-state index contributed by atoms with van der Waals surface area (Å²) in [5.41, 5.74) is 10.3. The molecule has 0 N–H and O–H groups in total. The normalized spacial score (nSPS) is 12.2. The van der Waals surface area contributed by atoms with Crippen LogP contribution in [0.15, 0.2) is 46.4 Å². The van der Waals surface area contributed by atoms with Gasteiger partial charge in [-0.1, -0.05) is 227 Å². The Bertz CT molecular complexity index is 1280. The predicted molar refractivity (Wildman–Crippen MR) is 259 cm³/mol. The van der Waals surface area contributed by atoms with Gasteiger partial charge in [0.15, 0.2) is 0 Å². The molecule has 2 aromatic carbocycles. The highest BCUT2D eigenvalue weighted by molar-refractivity contribution is 6.43. The Morgan fingerprint density at radius 2 is 0.667 bits per heavy atom. The van der Waals surface area contributed by atoms with E-state index in [2.05, 4.69) is 77.9 Å². The number of aliphatic imine (C=N–C) groups is 2. The summed E-state index contributed by atoms with van der Waals surface area (Å²) in [6, 6.07) is 13.8. The summed E-state index contributed by atoms with van der Waals surface area (Å²) in [5, 5.41) is 0. The molecule has 0 aromatic heterocycles. The van der Waals surface area contributed by atoms with Gasteiger partial charge < -0.3 is 0 Å². The number of benzene rings is 2. The van der Waals surface area contributed by atoms with Crippen molar-refractivity contribution in [1.82, 2.24) is 0 Å².